The number of ether oxygens (including phenoxy) is 2. The highest BCUT2D eigenvalue weighted by molar-refractivity contribution is 4.93. The summed E-state index contributed by atoms with van der Waals surface area (Å²) < 4.78 is 11.2. The number of likely N-dealkylation sites (tertiary alicyclic amines) is 1. The van der Waals surface area contributed by atoms with E-state index in [1.807, 2.05) is 0 Å². The Morgan fingerprint density at radius 3 is 2.38 bits per heavy atom. The predicted octanol–water partition coefficient (Wildman–Crippen LogP) is 0.357. The average Bonchev–Trinajstić information content (AvgIpc) is 2.58. The molecule has 0 aromatic heterocycles. The fourth-order valence-electron chi connectivity index (χ4n) is 3.21. The monoisotopic (exact) mass is 226 g/mol. The lowest BCUT2D eigenvalue weighted by Crippen LogP contribution is -2.56. The molecule has 92 valence electrons. The van der Waals surface area contributed by atoms with E-state index in [1.54, 1.807) is 0 Å². The Hall–Kier alpha value is -0.160. The third-order valence-corrected chi connectivity index (χ3v) is 4.15. The van der Waals surface area contributed by atoms with Gasteiger partial charge in [-0.3, -0.25) is 4.90 Å². The smallest absolute Gasteiger partial charge is 0.0707 e. The van der Waals surface area contributed by atoms with Crippen molar-refractivity contribution < 1.29 is 9.47 Å². The molecule has 0 spiro atoms. The van der Waals surface area contributed by atoms with Crippen molar-refractivity contribution in [1.82, 2.24) is 4.90 Å². The highest BCUT2D eigenvalue weighted by Crippen LogP contribution is 2.28. The van der Waals surface area contributed by atoms with E-state index in [2.05, 4.69) is 4.90 Å². The van der Waals surface area contributed by atoms with Crippen molar-refractivity contribution >= 4 is 0 Å². The lowest BCUT2D eigenvalue weighted by molar-refractivity contribution is -0.0517. The summed E-state index contributed by atoms with van der Waals surface area (Å²) in [5.41, 5.74) is 6.42. The van der Waals surface area contributed by atoms with E-state index >= 15 is 0 Å². The largest absolute Gasteiger partial charge is 0.381 e. The summed E-state index contributed by atoms with van der Waals surface area (Å²) in [5.74, 6) is 0. The molecule has 0 radical (unpaired) electrons. The van der Waals surface area contributed by atoms with Crippen molar-refractivity contribution in [3.05, 3.63) is 0 Å². The first-order valence-corrected chi connectivity index (χ1v) is 6.48. The first-order chi connectivity index (χ1) is 7.73. The minimum absolute atomic E-state index is 0.0188. The van der Waals surface area contributed by atoms with E-state index in [1.165, 1.54) is 12.8 Å². The van der Waals surface area contributed by atoms with Crippen molar-refractivity contribution in [3.8, 4) is 0 Å². The van der Waals surface area contributed by atoms with Crippen LogP contribution < -0.4 is 5.73 Å². The third kappa shape index (κ3) is 2.25. The second-order valence-electron chi connectivity index (χ2n) is 5.63. The lowest BCUT2D eigenvalue weighted by Gasteiger charge is -2.41. The van der Waals surface area contributed by atoms with Gasteiger partial charge in [-0.25, -0.2) is 0 Å². The number of morpholine rings is 1. The van der Waals surface area contributed by atoms with Gasteiger partial charge in [0, 0.05) is 38.4 Å². The number of nitrogens with zero attached hydrogens (tertiary/aromatic N) is 1. The average molecular weight is 226 g/mol. The van der Waals surface area contributed by atoms with E-state index in [0.717, 1.165) is 45.7 Å². The molecule has 3 aliphatic rings. The van der Waals surface area contributed by atoms with Crippen molar-refractivity contribution in [2.24, 2.45) is 5.73 Å². The maximum Gasteiger partial charge on any atom is 0.0707 e. The molecule has 3 fully saturated rings. The molecule has 2 unspecified atom stereocenters. The molecule has 3 saturated heterocycles. The van der Waals surface area contributed by atoms with E-state index in [0.29, 0.717) is 12.2 Å². The fraction of sp³-hybridized carbons (Fsp3) is 1.00. The molecule has 2 atom stereocenters. The molecule has 0 amide bonds. The molecule has 2 N–H and O–H groups in total. The van der Waals surface area contributed by atoms with Gasteiger partial charge in [0.1, 0.15) is 0 Å². The van der Waals surface area contributed by atoms with E-state index in [-0.39, 0.29) is 5.54 Å². The molecule has 4 heteroatoms. The van der Waals surface area contributed by atoms with Gasteiger partial charge in [0.25, 0.3) is 0 Å². The summed E-state index contributed by atoms with van der Waals surface area (Å²) in [5, 5.41) is 0. The summed E-state index contributed by atoms with van der Waals surface area (Å²) in [6.07, 6.45) is 5.42. The number of nitrogens with two attached hydrogens (primary N) is 1. The molecule has 0 aliphatic carbocycles. The van der Waals surface area contributed by atoms with Crippen molar-refractivity contribution in [1.29, 1.82) is 0 Å². The summed E-state index contributed by atoms with van der Waals surface area (Å²) in [6, 6.07) is 0. The summed E-state index contributed by atoms with van der Waals surface area (Å²) in [7, 11) is 0. The normalized spacial score (nSPS) is 38.8. The quantitative estimate of drug-likeness (QED) is 0.738. The summed E-state index contributed by atoms with van der Waals surface area (Å²) in [4.78, 5) is 2.51. The van der Waals surface area contributed by atoms with Gasteiger partial charge >= 0.3 is 0 Å². The van der Waals surface area contributed by atoms with E-state index < -0.39 is 0 Å². The molecule has 0 aromatic carbocycles. The van der Waals surface area contributed by atoms with E-state index in [4.69, 9.17) is 15.2 Å². The Bertz CT molecular complexity index is 241. The Morgan fingerprint density at radius 2 is 1.75 bits per heavy atom. The molecule has 3 rings (SSSR count). The van der Waals surface area contributed by atoms with Crippen molar-refractivity contribution in [2.75, 3.05) is 32.8 Å². The van der Waals surface area contributed by atoms with Crippen LogP contribution in [-0.2, 0) is 9.47 Å². The molecular weight excluding hydrogens is 204 g/mol. The van der Waals surface area contributed by atoms with Crippen LogP contribution in [0.15, 0.2) is 0 Å². The second-order valence-corrected chi connectivity index (χ2v) is 5.63. The first-order valence-electron chi connectivity index (χ1n) is 6.48. The van der Waals surface area contributed by atoms with Crippen LogP contribution in [0.1, 0.15) is 25.7 Å². The van der Waals surface area contributed by atoms with Crippen LogP contribution in [0.3, 0.4) is 0 Å². The third-order valence-electron chi connectivity index (χ3n) is 4.15. The van der Waals surface area contributed by atoms with Crippen molar-refractivity contribution in [2.45, 2.75) is 43.4 Å². The van der Waals surface area contributed by atoms with Gasteiger partial charge in [-0.15, -0.1) is 0 Å². The zero-order valence-electron chi connectivity index (χ0n) is 9.86. The minimum Gasteiger partial charge on any atom is -0.381 e. The molecule has 16 heavy (non-hydrogen) atoms. The van der Waals surface area contributed by atoms with Crippen LogP contribution in [-0.4, -0.2) is 55.5 Å². The number of rotatable bonds is 2. The van der Waals surface area contributed by atoms with Gasteiger partial charge in [0.15, 0.2) is 0 Å². The first kappa shape index (κ1) is 11.0. The van der Waals surface area contributed by atoms with Crippen LogP contribution in [0, 0.1) is 0 Å². The Morgan fingerprint density at radius 1 is 1.12 bits per heavy atom. The Kier molecular flexibility index (Phi) is 2.92. The van der Waals surface area contributed by atoms with Gasteiger partial charge < -0.3 is 15.2 Å². The molecule has 3 heterocycles. The van der Waals surface area contributed by atoms with Crippen molar-refractivity contribution in [3.63, 3.8) is 0 Å². The zero-order valence-corrected chi connectivity index (χ0v) is 9.86. The molecule has 2 bridgehead atoms. The van der Waals surface area contributed by atoms with Crippen LogP contribution in [0.5, 0.6) is 0 Å². The van der Waals surface area contributed by atoms with Gasteiger partial charge in [0.05, 0.1) is 12.2 Å². The van der Waals surface area contributed by atoms with Crippen LogP contribution in [0.2, 0.25) is 0 Å². The second kappa shape index (κ2) is 4.26. The molecular formula is C12H22N2O2. The van der Waals surface area contributed by atoms with Crippen LogP contribution in [0.4, 0.5) is 0 Å². The van der Waals surface area contributed by atoms with E-state index in [9.17, 15) is 0 Å². The number of hydrogen-bond acceptors (Lipinski definition) is 4. The fourth-order valence-corrected chi connectivity index (χ4v) is 3.21. The summed E-state index contributed by atoms with van der Waals surface area (Å²) >= 11 is 0. The van der Waals surface area contributed by atoms with Gasteiger partial charge in [-0.05, 0) is 25.7 Å². The molecule has 4 nitrogen and oxygen atoms in total. The van der Waals surface area contributed by atoms with Crippen LogP contribution in [0.25, 0.3) is 0 Å². The van der Waals surface area contributed by atoms with Crippen LogP contribution >= 0.6 is 0 Å². The molecule has 3 aliphatic heterocycles. The maximum absolute atomic E-state index is 6.44. The number of hydrogen-bond donors (Lipinski definition) is 1. The topological polar surface area (TPSA) is 47.7 Å². The SMILES string of the molecule is NC1(CN2CC3CCC(C2)O3)CCOCC1. The zero-order chi connectivity index (χ0) is 11.0. The maximum atomic E-state index is 6.44. The molecule has 0 aromatic rings. The Balaban J connectivity index is 1.57. The standard InChI is InChI=1S/C12H22N2O2/c13-12(3-5-15-6-4-12)9-14-7-10-1-2-11(8-14)16-10/h10-11H,1-9,13H2. The minimum atomic E-state index is -0.0188. The number of fused-ring (bicyclic) bond motifs is 2. The highest BCUT2D eigenvalue weighted by Gasteiger charge is 2.37. The predicted molar refractivity (Wildman–Crippen MR) is 61.3 cm³/mol. The molecule has 0 saturated carbocycles. The van der Waals surface area contributed by atoms with Gasteiger partial charge in [0.2, 0.25) is 0 Å². The summed E-state index contributed by atoms with van der Waals surface area (Å²) in [6.45, 7) is 4.83. The lowest BCUT2D eigenvalue weighted by atomic mass is 9.90. The Labute approximate surface area is 97.1 Å². The van der Waals surface area contributed by atoms with Gasteiger partial charge in [-0.1, -0.05) is 0 Å². The van der Waals surface area contributed by atoms with Gasteiger partial charge in [-0.2, -0.15) is 0 Å². The highest BCUT2D eigenvalue weighted by atomic mass is 16.5.